The number of nitrogens with zero attached hydrogens (tertiary/aromatic N) is 1. The lowest BCUT2D eigenvalue weighted by Gasteiger charge is -2.25. The van der Waals surface area contributed by atoms with Gasteiger partial charge in [0.25, 0.3) is 0 Å². The number of methoxy groups -OCH3 is 1. The summed E-state index contributed by atoms with van der Waals surface area (Å²) in [7, 11) is 1.53. The standard InChI is InChI=1S/C23H27ClN4O4/c1-3-19(14-4-7-18(25)8-5-14)27-23(31)28-13-21(29)26-12-16(22(28)30)10-15-11-17(24)6-9-20(15)32-2/h4-9,11,16,19H,3,10,12-13,25H2,1-2H3,(H,26,29)(H,27,31). The zero-order valence-corrected chi connectivity index (χ0v) is 18.8. The van der Waals surface area contributed by atoms with E-state index in [9.17, 15) is 14.4 Å². The largest absolute Gasteiger partial charge is 0.496 e. The molecule has 1 heterocycles. The Morgan fingerprint density at radius 3 is 2.66 bits per heavy atom. The van der Waals surface area contributed by atoms with Crippen LogP contribution in [0.1, 0.15) is 30.5 Å². The Kier molecular flexibility index (Phi) is 7.58. The smallest absolute Gasteiger partial charge is 0.325 e. The molecule has 0 spiro atoms. The molecule has 1 aliphatic heterocycles. The summed E-state index contributed by atoms with van der Waals surface area (Å²) >= 11 is 6.11. The van der Waals surface area contributed by atoms with E-state index in [2.05, 4.69) is 10.6 Å². The van der Waals surface area contributed by atoms with Crippen molar-refractivity contribution in [3.05, 3.63) is 58.6 Å². The molecule has 9 heteroatoms. The highest BCUT2D eigenvalue weighted by molar-refractivity contribution is 6.30. The Labute approximate surface area is 192 Å². The molecular weight excluding hydrogens is 432 g/mol. The van der Waals surface area contributed by atoms with E-state index < -0.39 is 23.8 Å². The third kappa shape index (κ3) is 5.50. The molecule has 0 aliphatic carbocycles. The number of ether oxygens (including phenoxy) is 1. The summed E-state index contributed by atoms with van der Waals surface area (Å²) < 4.78 is 5.37. The Morgan fingerprint density at radius 2 is 2.00 bits per heavy atom. The van der Waals surface area contributed by atoms with Crippen LogP contribution in [0.3, 0.4) is 0 Å². The summed E-state index contributed by atoms with van der Waals surface area (Å²) in [5, 5.41) is 6.09. The van der Waals surface area contributed by atoms with Crippen LogP contribution in [-0.2, 0) is 16.0 Å². The highest BCUT2D eigenvalue weighted by Gasteiger charge is 2.35. The first kappa shape index (κ1) is 23.4. The van der Waals surface area contributed by atoms with Crippen LogP contribution in [0.25, 0.3) is 0 Å². The summed E-state index contributed by atoms with van der Waals surface area (Å²) in [4.78, 5) is 39.5. The van der Waals surface area contributed by atoms with E-state index in [0.717, 1.165) is 16.0 Å². The maximum absolute atomic E-state index is 13.3. The van der Waals surface area contributed by atoms with Gasteiger partial charge in [-0.05, 0) is 54.3 Å². The van der Waals surface area contributed by atoms with Crippen molar-refractivity contribution in [1.82, 2.24) is 15.5 Å². The summed E-state index contributed by atoms with van der Waals surface area (Å²) in [5.74, 6) is -0.885. The van der Waals surface area contributed by atoms with Crippen molar-refractivity contribution in [2.45, 2.75) is 25.8 Å². The molecule has 2 aromatic rings. The SMILES string of the molecule is CCC(NC(=O)N1CC(=O)NCC(Cc2cc(Cl)ccc2OC)C1=O)c1ccc(N)cc1. The van der Waals surface area contributed by atoms with Gasteiger partial charge in [0, 0.05) is 17.3 Å². The number of halogens is 1. The van der Waals surface area contributed by atoms with Crippen LogP contribution in [0, 0.1) is 5.92 Å². The zero-order valence-electron chi connectivity index (χ0n) is 18.1. The van der Waals surface area contributed by atoms with E-state index >= 15 is 0 Å². The molecule has 0 radical (unpaired) electrons. The fourth-order valence-electron chi connectivity index (χ4n) is 3.70. The van der Waals surface area contributed by atoms with Gasteiger partial charge in [0.2, 0.25) is 11.8 Å². The minimum absolute atomic E-state index is 0.117. The highest BCUT2D eigenvalue weighted by Crippen LogP contribution is 2.26. The van der Waals surface area contributed by atoms with Crippen molar-refractivity contribution < 1.29 is 19.1 Å². The number of nitrogens with one attached hydrogen (secondary N) is 2. The number of carbonyl (C=O) groups excluding carboxylic acids is 3. The van der Waals surface area contributed by atoms with Crippen LogP contribution in [-0.4, -0.2) is 42.9 Å². The number of anilines is 1. The second kappa shape index (κ2) is 10.4. The number of nitrogen functional groups attached to an aromatic ring is 1. The molecule has 3 rings (SSSR count). The average Bonchev–Trinajstić information content (AvgIpc) is 2.92. The lowest BCUT2D eigenvalue weighted by molar-refractivity contribution is -0.133. The van der Waals surface area contributed by atoms with Gasteiger partial charge < -0.3 is 21.1 Å². The van der Waals surface area contributed by atoms with Gasteiger partial charge in [-0.2, -0.15) is 0 Å². The molecule has 170 valence electrons. The van der Waals surface area contributed by atoms with Crippen molar-refractivity contribution >= 4 is 35.1 Å². The molecule has 4 N–H and O–H groups in total. The van der Waals surface area contributed by atoms with E-state index in [0.29, 0.717) is 22.9 Å². The van der Waals surface area contributed by atoms with Crippen molar-refractivity contribution in [3.8, 4) is 5.75 Å². The Hall–Kier alpha value is -3.26. The molecule has 1 saturated heterocycles. The van der Waals surface area contributed by atoms with Gasteiger partial charge in [0.15, 0.2) is 0 Å². The number of benzene rings is 2. The Morgan fingerprint density at radius 1 is 1.28 bits per heavy atom. The molecule has 2 aromatic carbocycles. The molecule has 2 atom stereocenters. The molecule has 1 fully saturated rings. The van der Waals surface area contributed by atoms with Crippen molar-refractivity contribution in [2.24, 2.45) is 5.92 Å². The molecule has 0 saturated carbocycles. The molecule has 0 aromatic heterocycles. The quantitative estimate of drug-likeness (QED) is 0.576. The predicted molar refractivity (Wildman–Crippen MR) is 122 cm³/mol. The van der Waals surface area contributed by atoms with Crippen LogP contribution in [0.4, 0.5) is 10.5 Å². The number of hydrogen-bond acceptors (Lipinski definition) is 5. The van der Waals surface area contributed by atoms with E-state index in [1.165, 1.54) is 7.11 Å². The normalized spacial score (nSPS) is 17.3. The fourth-order valence-corrected chi connectivity index (χ4v) is 3.90. The number of nitrogens with two attached hydrogens (primary N) is 1. The second-order valence-electron chi connectivity index (χ2n) is 7.66. The molecule has 1 aliphatic rings. The third-order valence-corrected chi connectivity index (χ3v) is 5.70. The van der Waals surface area contributed by atoms with E-state index in [4.69, 9.17) is 22.1 Å². The first-order valence-electron chi connectivity index (χ1n) is 10.4. The van der Waals surface area contributed by atoms with Crippen LogP contribution < -0.4 is 21.1 Å². The topological polar surface area (TPSA) is 114 Å². The van der Waals surface area contributed by atoms with Crippen LogP contribution in [0.2, 0.25) is 5.02 Å². The molecule has 2 unspecified atom stereocenters. The van der Waals surface area contributed by atoms with Gasteiger partial charge in [-0.1, -0.05) is 30.7 Å². The monoisotopic (exact) mass is 458 g/mol. The minimum Gasteiger partial charge on any atom is -0.496 e. The number of hydrogen-bond donors (Lipinski definition) is 3. The first-order valence-corrected chi connectivity index (χ1v) is 10.8. The van der Waals surface area contributed by atoms with Crippen LogP contribution in [0.5, 0.6) is 5.75 Å². The van der Waals surface area contributed by atoms with E-state index in [-0.39, 0.29) is 25.6 Å². The number of rotatable bonds is 6. The number of urea groups is 1. The molecule has 4 amide bonds. The van der Waals surface area contributed by atoms with Gasteiger partial charge in [0.05, 0.1) is 19.1 Å². The number of amides is 4. The fraction of sp³-hybridized carbons (Fsp3) is 0.348. The lowest BCUT2D eigenvalue weighted by Crippen LogP contribution is -2.48. The minimum atomic E-state index is -0.642. The Balaban J connectivity index is 1.79. The number of imide groups is 1. The maximum Gasteiger partial charge on any atom is 0.325 e. The molecule has 8 nitrogen and oxygen atoms in total. The molecular formula is C23H27ClN4O4. The van der Waals surface area contributed by atoms with Gasteiger partial charge in [-0.25, -0.2) is 4.79 Å². The number of carbonyl (C=O) groups is 3. The molecule has 32 heavy (non-hydrogen) atoms. The molecule has 0 bridgehead atoms. The van der Waals surface area contributed by atoms with Gasteiger partial charge >= 0.3 is 6.03 Å². The summed E-state index contributed by atoms with van der Waals surface area (Å²) in [6.07, 6.45) is 0.870. The average molecular weight is 459 g/mol. The zero-order chi connectivity index (χ0) is 23.3. The van der Waals surface area contributed by atoms with Crippen LogP contribution in [0.15, 0.2) is 42.5 Å². The van der Waals surface area contributed by atoms with Gasteiger partial charge in [0.1, 0.15) is 12.3 Å². The maximum atomic E-state index is 13.3. The summed E-state index contributed by atoms with van der Waals surface area (Å²) in [6.45, 7) is 1.70. The second-order valence-corrected chi connectivity index (χ2v) is 8.10. The third-order valence-electron chi connectivity index (χ3n) is 5.46. The Bertz CT molecular complexity index is 996. The highest BCUT2D eigenvalue weighted by atomic mass is 35.5. The predicted octanol–water partition coefficient (Wildman–Crippen LogP) is 2.91. The van der Waals surface area contributed by atoms with Gasteiger partial charge in [-0.3, -0.25) is 14.5 Å². The first-order chi connectivity index (χ1) is 15.3. The van der Waals surface area contributed by atoms with Crippen molar-refractivity contribution in [3.63, 3.8) is 0 Å². The van der Waals surface area contributed by atoms with Crippen molar-refractivity contribution in [2.75, 3.05) is 25.9 Å². The summed E-state index contributed by atoms with van der Waals surface area (Å²) in [6, 6.07) is 11.4. The van der Waals surface area contributed by atoms with E-state index in [1.54, 1.807) is 30.3 Å². The van der Waals surface area contributed by atoms with E-state index in [1.807, 2.05) is 19.1 Å². The summed E-state index contributed by atoms with van der Waals surface area (Å²) in [5.41, 5.74) is 7.95. The van der Waals surface area contributed by atoms with Crippen molar-refractivity contribution in [1.29, 1.82) is 0 Å². The lowest BCUT2D eigenvalue weighted by atomic mass is 9.97. The van der Waals surface area contributed by atoms with Gasteiger partial charge in [-0.15, -0.1) is 0 Å². The van der Waals surface area contributed by atoms with Crippen LogP contribution >= 0.6 is 11.6 Å².